The van der Waals surface area contributed by atoms with E-state index in [2.05, 4.69) is 67.6 Å². The Kier molecular flexibility index (Phi) is 3.74. The smallest absolute Gasteiger partial charge is 0.163 e. The number of Topliss-reactive ketones (excluding diaryl/α,β-unsaturated/α-hetero) is 2. The number of hydrogen-bond donors (Lipinski definition) is 0. The third-order valence-corrected chi connectivity index (χ3v) is 8.76. The van der Waals surface area contributed by atoms with Crippen LogP contribution in [-0.4, -0.2) is 11.6 Å². The molecule has 0 spiro atoms. The predicted octanol–water partition coefficient (Wildman–Crippen LogP) is 5.76. The van der Waals surface area contributed by atoms with Crippen LogP contribution in [0.4, 0.5) is 0 Å². The summed E-state index contributed by atoms with van der Waals surface area (Å²) in [6, 6.07) is 28.9. The Bertz CT molecular complexity index is 1300. The van der Waals surface area contributed by atoms with Crippen LogP contribution < -0.4 is 0 Å². The molecule has 158 valence electrons. The normalized spacial score (nSPS) is 34.8. The average molecular weight is 419 g/mol. The van der Waals surface area contributed by atoms with Crippen molar-refractivity contribution in [2.45, 2.75) is 37.5 Å². The van der Waals surface area contributed by atoms with E-state index in [0.29, 0.717) is 0 Å². The minimum atomic E-state index is -0.850. The van der Waals surface area contributed by atoms with Gasteiger partial charge in [-0.15, -0.1) is 0 Å². The van der Waals surface area contributed by atoms with E-state index in [1.807, 2.05) is 44.2 Å². The van der Waals surface area contributed by atoms with E-state index in [1.54, 1.807) is 0 Å². The van der Waals surface area contributed by atoms with Crippen LogP contribution in [0.15, 0.2) is 96.6 Å². The zero-order valence-electron chi connectivity index (χ0n) is 18.6. The molecule has 0 saturated heterocycles. The first-order chi connectivity index (χ1) is 15.4. The lowest BCUT2D eigenvalue weighted by Gasteiger charge is -2.59. The molecule has 3 aliphatic carbocycles. The zero-order chi connectivity index (χ0) is 22.3. The summed E-state index contributed by atoms with van der Waals surface area (Å²) < 4.78 is 0. The first-order valence-electron chi connectivity index (χ1n) is 11.4. The van der Waals surface area contributed by atoms with Crippen LogP contribution in [0.25, 0.3) is 0 Å². The molecule has 2 heteroatoms. The number of benzene rings is 3. The quantitative estimate of drug-likeness (QED) is 0.530. The average Bonchev–Trinajstić information content (AvgIpc) is 2.98. The third-order valence-electron chi connectivity index (χ3n) is 8.76. The van der Waals surface area contributed by atoms with Gasteiger partial charge in [0.15, 0.2) is 11.6 Å². The fraction of sp³-hybridized carbons (Fsp3) is 0.267. The SMILES string of the molecule is CC1=CC2(c3ccccc3)c3ccccc3C3(C)C(=O)[C@@H](c4ccccc4)C2(C)C3C1=O. The van der Waals surface area contributed by atoms with Crippen LogP contribution in [0.2, 0.25) is 0 Å². The lowest BCUT2D eigenvalue weighted by Crippen LogP contribution is -2.60. The van der Waals surface area contributed by atoms with Crippen molar-refractivity contribution in [3.63, 3.8) is 0 Å². The molecule has 3 aromatic carbocycles. The summed E-state index contributed by atoms with van der Waals surface area (Å²) in [5, 5.41) is 0. The summed E-state index contributed by atoms with van der Waals surface area (Å²) in [6.07, 6.45) is 2.17. The van der Waals surface area contributed by atoms with Gasteiger partial charge in [0.1, 0.15) is 0 Å². The molecule has 0 heterocycles. The highest BCUT2D eigenvalue weighted by Crippen LogP contribution is 2.75. The number of carbonyl (C=O) groups is 2. The van der Waals surface area contributed by atoms with Gasteiger partial charge in [-0.05, 0) is 41.7 Å². The standard InChI is InChI=1S/C30H26O2/c1-19-18-30(21-14-8-5-9-15-21)23-17-11-10-16-22(23)28(2)26(25(19)31)29(30,3)24(27(28)32)20-12-6-4-7-13-20/h4-18,24,26H,1-3H3/t24-,26?,28?,29?,30?/m1/s1. The molecule has 3 aromatic rings. The van der Waals surface area contributed by atoms with E-state index in [0.717, 1.165) is 27.8 Å². The molecule has 0 amide bonds. The van der Waals surface area contributed by atoms with Gasteiger partial charge < -0.3 is 0 Å². The Morgan fingerprint density at radius 2 is 1.28 bits per heavy atom. The van der Waals surface area contributed by atoms with E-state index in [4.69, 9.17) is 0 Å². The molecule has 0 N–H and O–H groups in total. The van der Waals surface area contributed by atoms with Crippen molar-refractivity contribution in [2.24, 2.45) is 11.3 Å². The summed E-state index contributed by atoms with van der Waals surface area (Å²) in [4.78, 5) is 28.4. The van der Waals surface area contributed by atoms with E-state index >= 15 is 0 Å². The topological polar surface area (TPSA) is 34.1 Å². The van der Waals surface area contributed by atoms with E-state index in [9.17, 15) is 9.59 Å². The lowest BCUT2D eigenvalue weighted by atomic mass is 9.41. The Hall–Kier alpha value is -3.26. The molecule has 2 nitrogen and oxygen atoms in total. The van der Waals surface area contributed by atoms with Gasteiger partial charge in [-0.3, -0.25) is 9.59 Å². The van der Waals surface area contributed by atoms with Crippen molar-refractivity contribution in [3.05, 3.63) is 119 Å². The number of allylic oxidation sites excluding steroid dienone is 2. The summed E-state index contributed by atoms with van der Waals surface area (Å²) in [7, 11) is 0. The first-order valence-corrected chi connectivity index (χ1v) is 11.4. The highest BCUT2D eigenvalue weighted by Gasteiger charge is 2.77. The van der Waals surface area contributed by atoms with Crippen LogP contribution >= 0.6 is 0 Å². The minimum absolute atomic E-state index is 0.114. The van der Waals surface area contributed by atoms with Crippen LogP contribution in [0.5, 0.6) is 0 Å². The number of rotatable bonds is 2. The predicted molar refractivity (Wildman–Crippen MR) is 126 cm³/mol. The molecule has 0 aliphatic heterocycles. The van der Waals surface area contributed by atoms with E-state index in [-0.39, 0.29) is 17.5 Å². The summed E-state index contributed by atoms with van der Waals surface area (Å²) >= 11 is 0. The van der Waals surface area contributed by atoms with Gasteiger partial charge in [0.25, 0.3) is 0 Å². The van der Waals surface area contributed by atoms with Gasteiger partial charge in [0, 0.05) is 16.7 Å². The maximum atomic E-state index is 14.5. The number of hydrogen-bond acceptors (Lipinski definition) is 2. The molecule has 4 bridgehead atoms. The van der Waals surface area contributed by atoms with E-state index in [1.165, 1.54) is 0 Å². The van der Waals surface area contributed by atoms with Gasteiger partial charge in [0.2, 0.25) is 0 Å². The van der Waals surface area contributed by atoms with Crippen molar-refractivity contribution in [1.29, 1.82) is 0 Å². The number of carbonyl (C=O) groups excluding carboxylic acids is 2. The van der Waals surface area contributed by atoms with Gasteiger partial charge in [0.05, 0.1) is 11.3 Å². The monoisotopic (exact) mass is 418 g/mol. The Labute approximate surface area is 189 Å². The van der Waals surface area contributed by atoms with Crippen molar-refractivity contribution in [2.75, 3.05) is 0 Å². The second-order valence-electron chi connectivity index (χ2n) is 10.0. The highest BCUT2D eigenvalue weighted by molar-refractivity contribution is 6.12. The number of ketones is 2. The Balaban J connectivity index is 1.84. The minimum Gasteiger partial charge on any atom is -0.298 e. The van der Waals surface area contributed by atoms with Gasteiger partial charge in [-0.25, -0.2) is 0 Å². The fourth-order valence-corrected chi connectivity index (χ4v) is 7.58. The largest absolute Gasteiger partial charge is 0.298 e. The molecule has 0 aromatic heterocycles. The maximum absolute atomic E-state index is 14.5. The molecule has 32 heavy (non-hydrogen) atoms. The van der Waals surface area contributed by atoms with Crippen LogP contribution in [0, 0.1) is 11.3 Å². The van der Waals surface area contributed by atoms with Crippen molar-refractivity contribution >= 4 is 11.6 Å². The van der Waals surface area contributed by atoms with Crippen LogP contribution in [0.1, 0.15) is 48.9 Å². The van der Waals surface area contributed by atoms with Crippen LogP contribution in [-0.2, 0) is 20.4 Å². The molecule has 3 aliphatic rings. The molecule has 0 radical (unpaired) electrons. The molecule has 1 fully saturated rings. The molecule has 5 atom stereocenters. The Morgan fingerprint density at radius 3 is 1.94 bits per heavy atom. The first kappa shape index (κ1) is 19.4. The molecular formula is C30H26O2. The van der Waals surface area contributed by atoms with E-state index < -0.39 is 22.2 Å². The second-order valence-corrected chi connectivity index (χ2v) is 10.0. The van der Waals surface area contributed by atoms with Crippen molar-refractivity contribution in [3.8, 4) is 0 Å². The fourth-order valence-electron chi connectivity index (χ4n) is 7.58. The van der Waals surface area contributed by atoms with Gasteiger partial charge in [-0.2, -0.15) is 0 Å². The Morgan fingerprint density at radius 1 is 0.719 bits per heavy atom. The van der Waals surface area contributed by atoms with Gasteiger partial charge in [-0.1, -0.05) is 97.9 Å². The van der Waals surface area contributed by atoms with Crippen molar-refractivity contribution in [1.82, 2.24) is 0 Å². The van der Waals surface area contributed by atoms with Crippen molar-refractivity contribution < 1.29 is 9.59 Å². The third kappa shape index (κ3) is 1.93. The highest BCUT2D eigenvalue weighted by atomic mass is 16.1. The summed E-state index contributed by atoms with van der Waals surface area (Å²) in [6.45, 7) is 6.14. The molecular weight excluding hydrogens is 392 g/mol. The summed E-state index contributed by atoms with van der Waals surface area (Å²) in [5.41, 5.74) is 3.03. The molecule has 6 rings (SSSR count). The second kappa shape index (κ2) is 6.16. The van der Waals surface area contributed by atoms with Gasteiger partial charge >= 0.3 is 0 Å². The lowest BCUT2D eigenvalue weighted by molar-refractivity contribution is -0.130. The number of fused-ring (bicyclic) bond motifs is 3. The molecule has 1 saturated carbocycles. The zero-order valence-corrected chi connectivity index (χ0v) is 18.6. The van der Waals surface area contributed by atoms with Crippen LogP contribution in [0.3, 0.4) is 0 Å². The maximum Gasteiger partial charge on any atom is 0.163 e. The molecule has 4 unspecified atom stereocenters. The summed E-state index contributed by atoms with van der Waals surface area (Å²) in [5.74, 6) is -0.506.